The van der Waals surface area contributed by atoms with E-state index in [1.807, 2.05) is 0 Å². The van der Waals surface area contributed by atoms with Gasteiger partial charge in [0.1, 0.15) is 13.2 Å². The quantitative estimate of drug-likeness (QED) is 0.0371. The topological polar surface area (TPSA) is 102 Å². The lowest BCUT2D eigenvalue weighted by molar-refractivity contribution is -0.161. The van der Waals surface area contributed by atoms with E-state index in [0.29, 0.717) is 6.42 Å². The summed E-state index contributed by atoms with van der Waals surface area (Å²) in [6, 6.07) is 0. The number of rotatable bonds is 41. The lowest BCUT2D eigenvalue weighted by Gasteiger charge is -2.15. The van der Waals surface area contributed by atoms with Crippen molar-refractivity contribution in [3.63, 3.8) is 0 Å². The molecule has 2 atom stereocenters. The van der Waals surface area contributed by atoms with Gasteiger partial charge in [0.15, 0.2) is 6.10 Å². The third-order valence-corrected chi connectivity index (χ3v) is 10.8. The fourth-order valence-corrected chi connectivity index (χ4v) is 7.01. The molecular weight excluding hydrogens is 697 g/mol. The molecule has 0 spiro atoms. The van der Waals surface area contributed by atoms with Crippen LogP contribution in [0, 0.1) is 0 Å². The molecule has 9 heteroatoms. The van der Waals surface area contributed by atoms with Gasteiger partial charge in [-0.05, 0) is 32.5 Å². The van der Waals surface area contributed by atoms with Crippen molar-refractivity contribution >= 4 is 20.2 Å². The minimum absolute atomic E-state index is 0.161. The summed E-state index contributed by atoms with van der Waals surface area (Å²) in [5, 5.41) is 0. The highest BCUT2D eigenvalue weighted by molar-refractivity contribution is 7.32. The van der Waals surface area contributed by atoms with Gasteiger partial charge in [0.2, 0.25) is 0 Å². The maximum absolute atomic E-state index is 12.4. The fraction of sp³-hybridized carbons (Fsp3) is 0.956. The number of carbonyl (C=O) groups excluding carboxylic acids is 2. The summed E-state index contributed by atoms with van der Waals surface area (Å²) in [7, 11) is -2.82. The highest BCUT2D eigenvalue weighted by atomic mass is 31.1. The molecule has 0 radical (unpaired) electrons. The van der Waals surface area contributed by atoms with Crippen molar-refractivity contribution in [1.29, 1.82) is 0 Å². The molecule has 0 aliphatic heterocycles. The van der Waals surface area contributed by atoms with E-state index in [0.717, 1.165) is 38.5 Å². The average Bonchev–Trinajstić information content (AvgIpc) is 3.16. The molecule has 0 aromatic rings. The Morgan fingerprint density at radius 1 is 0.463 bits per heavy atom. The summed E-state index contributed by atoms with van der Waals surface area (Å²) >= 11 is 0. The van der Waals surface area contributed by atoms with Crippen LogP contribution in [0.25, 0.3) is 0 Å². The van der Waals surface area contributed by atoms with Crippen molar-refractivity contribution in [2.24, 2.45) is 0 Å². The number of ether oxygens (including phenoxy) is 2. The van der Waals surface area contributed by atoms with E-state index >= 15 is 0 Å². The number of unbranched alkanes of at least 4 members (excludes halogenated alkanes) is 28. The Hall–Kier alpha value is -1.08. The van der Waals surface area contributed by atoms with E-state index in [1.165, 1.54) is 174 Å². The monoisotopic (exact) mass is 789 g/mol. The molecular formula is C45H91NO7P+. The second-order valence-corrected chi connectivity index (χ2v) is 16.1. The van der Waals surface area contributed by atoms with Crippen molar-refractivity contribution in [2.45, 2.75) is 246 Å². The molecule has 1 N–H and O–H groups in total. The first-order chi connectivity index (χ1) is 26.3. The predicted octanol–water partition coefficient (Wildman–Crippen LogP) is 14.0. The van der Waals surface area contributed by atoms with Gasteiger partial charge in [0, 0.05) is 17.4 Å². The molecule has 0 fully saturated rings. The normalized spacial score (nSPS) is 12.0. The van der Waals surface area contributed by atoms with Gasteiger partial charge in [-0.25, -0.2) is 0 Å². The minimum Gasteiger partial charge on any atom is -0.462 e. The molecule has 54 heavy (non-hydrogen) atoms. The maximum atomic E-state index is 12.4. The number of nitrogens with zero attached hydrogens (tertiary/aromatic N) is 1. The molecule has 8 nitrogen and oxygen atoms in total. The summed E-state index contributed by atoms with van der Waals surface area (Å²) in [5.74, 6) is -0.726. The summed E-state index contributed by atoms with van der Waals surface area (Å²) < 4.78 is 26.5. The van der Waals surface area contributed by atoms with E-state index in [-0.39, 0.29) is 31.6 Å². The van der Waals surface area contributed by atoms with Crippen LogP contribution < -0.4 is 0 Å². The molecule has 0 bridgehead atoms. The Kier molecular flexibility index (Phi) is 47.2. The van der Waals surface area contributed by atoms with Crippen LogP contribution in [0.5, 0.6) is 0 Å². The van der Waals surface area contributed by atoms with Gasteiger partial charge in [-0.3, -0.25) is 9.59 Å². The summed E-state index contributed by atoms with van der Waals surface area (Å²) in [6.45, 7) is 14.2. The van der Waals surface area contributed by atoms with Gasteiger partial charge in [-0.15, -0.1) is 9.42 Å². The Balaban J connectivity index is 0. The van der Waals surface area contributed by atoms with Crippen molar-refractivity contribution in [3.8, 4) is 0 Å². The lowest BCUT2D eigenvalue weighted by atomic mass is 10.0. The van der Waals surface area contributed by atoms with Crippen LogP contribution in [0.4, 0.5) is 0 Å². The molecule has 0 aliphatic rings. The lowest BCUT2D eigenvalue weighted by Crippen LogP contribution is -2.29. The molecule has 0 saturated carbocycles. The van der Waals surface area contributed by atoms with Crippen molar-refractivity contribution in [1.82, 2.24) is 4.90 Å². The van der Waals surface area contributed by atoms with Crippen LogP contribution in [-0.4, -0.2) is 60.7 Å². The Labute approximate surface area is 336 Å². The van der Waals surface area contributed by atoms with Gasteiger partial charge in [0.05, 0.1) is 0 Å². The third kappa shape index (κ3) is 45.3. The van der Waals surface area contributed by atoms with Gasteiger partial charge in [0.25, 0.3) is 0 Å². The molecule has 1 unspecified atom stereocenters. The van der Waals surface area contributed by atoms with E-state index in [4.69, 9.17) is 18.9 Å². The van der Waals surface area contributed by atoms with Gasteiger partial charge in [-0.1, -0.05) is 214 Å². The second kappa shape index (κ2) is 46.3. The highest BCUT2D eigenvalue weighted by Crippen LogP contribution is 2.18. The molecule has 322 valence electrons. The molecule has 0 aromatic carbocycles. The molecule has 0 heterocycles. The Bertz CT molecular complexity index is 790. The summed E-state index contributed by atoms with van der Waals surface area (Å²) in [5.41, 5.74) is 0. The summed E-state index contributed by atoms with van der Waals surface area (Å²) in [4.78, 5) is 36.0. The van der Waals surface area contributed by atoms with Crippen LogP contribution in [0.3, 0.4) is 0 Å². The van der Waals surface area contributed by atoms with E-state index < -0.39 is 14.4 Å². The number of carbonyl (C=O) groups is 2. The van der Waals surface area contributed by atoms with Gasteiger partial charge in [-0.2, -0.15) is 0 Å². The molecule has 0 aromatic heterocycles. The van der Waals surface area contributed by atoms with Gasteiger partial charge < -0.3 is 14.4 Å². The minimum atomic E-state index is -2.82. The number of hydrogen-bond acceptors (Lipinski definition) is 7. The molecule has 0 amide bonds. The smallest absolute Gasteiger partial charge is 0.462 e. The largest absolute Gasteiger partial charge is 0.694 e. The SMILES string of the molecule is CCCCCCCCCCCCCCCCCC(=O)OC[C@H](CO[P+](=O)O)OC(=O)CCCCCCCCCCCCCCCCC.CCN(CC)CC. The van der Waals surface area contributed by atoms with Crippen molar-refractivity contribution in [3.05, 3.63) is 0 Å². The standard InChI is InChI=1S/C39H75O7P.C6H15N/c1-3-5-7-9-11-13-15-17-19-21-23-25-27-29-31-33-38(40)44-35-37(36-45-47(42)43)46-39(41)34-32-30-28-26-24-22-20-18-16-14-12-10-8-6-4-2;1-4-7(5-2)6-3/h37H,3-36H2,1-2H3;4-6H2,1-3H3/p+1/t37-;/m1./s1. The van der Waals surface area contributed by atoms with Crippen molar-refractivity contribution in [2.75, 3.05) is 32.8 Å². The Morgan fingerprint density at radius 2 is 0.759 bits per heavy atom. The first kappa shape index (κ1) is 55.0. The molecule has 0 aliphatic carbocycles. The first-order valence-electron chi connectivity index (χ1n) is 23.2. The highest BCUT2D eigenvalue weighted by Gasteiger charge is 2.23. The zero-order valence-corrected chi connectivity index (χ0v) is 37.4. The second-order valence-electron chi connectivity index (χ2n) is 15.3. The van der Waals surface area contributed by atoms with Gasteiger partial charge >= 0.3 is 20.2 Å². The number of esters is 2. The molecule has 0 rings (SSSR count). The maximum Gasteiger partial charge on any atom is 0.694 e. The summed E-state index contributed by atoms with van der Waals surface area (Å²) in [6.07, 6.45) is 37.6. The van der Waals surface area contributed by atoms with Crippen LogP contribution in [0.15, 0.2) is 0 Å². The van der Waals surface area contributed by atoms with Crippen molar-refractivity contribution < 1.29 is 33.0 Å². The number of hydrogen-bond donors (Lipinski definition) is 1. The van der Waals surface area contributed by atoms with Crippen LogP contribution >= 0.6 is 8.25 Å². The fourth-order valence-electron chi connectivity index (χ4n) is 6.72. The Morgan fingerprint density at radius 3 is 1.04 bits per heavy atom. The van der Waals surface area contributed by atoms with Crippen LogP contribution in [-0.2, 0) is 28.2 Å². The van der Waals surface area contributed by atoms with E-state index in [9.17, 15) is 14.2 Å². The average molecular weight is 789 g/mol. The van der Waals surface area contributed by atoms with E-state index in [1.54, 1.807) is 0 Å². The molecule has 0 saturated heterocycles. The zero-order chi connectivity index (χ0) is 40.2. The third-order valence-electron chi connectivity index (χ3n) is 10.4. The van der Waals surface area contributed by atoms with Crippen LogP contribution in [0.1, 0.15) is 240 Å². The van der Waals surface area contributed by atoms with E-state index in [2.05, 4.69) is 39.5 Å². The predicted molar refractivity (Wildman–Crippen MR) is 229 cm³/mol. The first-order valence-corrected chi connectivity index (χ1v) is 24.3. The zero-order valence-electron chi connectivity index (χ0n) is 36.5. The van der Waals surface area contributed by atoms with Crippen LogP contribution in [0.2, 0.25) is 0 Å².